The molecule has 0 aromatic heterocycles. The van der Waals surface area contributed by atoms with Crippen molar-refractivity contribution in [3.63, 3.8) is 0 Å². The van der Waals surface area contributed by atoms with Crippen molar-refractivity contribution >= 4 is 115 Å². The van der Waals surface area contributed by atoms with Gasteiger partial charge in [-0.3, -0.25) is 18.2 Å². The second-order valence-electron chi connectivity index (χ2n) is 14.3. The molecule has 0 aliphatic heterocycles. The number of phenols is 1. The largest absolute Gasteiger partial charge is 0.505 e. The lowest BCUT2D eigenvalue weighted by atomic mass is 10.1. The van der Waals surface area contributed by atoms with Gasteiger partial charge in [0, 0.05) is 5.39 Å². The van der Waals surface area contributed by atoms with Gasteiger partial charge in [-0.15, -0.1) is 10.2 Å². The number of carboxylic acids is 1. The molecule has 0 fully saturated rings. The average molecular weight is 1030 g/mol. The number of phenolic OH excluding ortho intramolecular Hbond substituents is 1. The normalized spacial score (nSPS) is 12.9. The molecule has 0 aliphatic rings. The zero-order valence-corrected chi connectivity index (χ0v) is 38.2. The molecule has 0 spiro atoms. The molecule has 0 bridgehead atoms. The summed E-state index contributed by atoms with van der Waals surface area (Å²) in [6.45, 7) is 0. The van der Waals surface area contributed by atoms with Gasteiger partial charge in [-0.25, -0.2) is 4.79 Å². The number of aromatic carboxylic acids is 1. The summed E-state index contributed by atoms with van der Waals surface area (Å²) in [6.07, 6.45) is 2.29. The summed E-state index contributed by atoms with van der Waals surface area (Å²) in [7, 11) is -19.3. The lowest BCUT2D eigenvalue weighted by Gasteiger charge is -2.09. The Hall–Kier alpha value is -8.15. The van der Waals surface area contributed by atoms with Crippen molar-refractivity contribution in [1.29, 1.82) is 0 Å². The molecule has 7 aromatic carbocycles. The summed E-state index contributed by atoms with van der Waals surface area (Å²) in [5, 5.41) is 52.1. The number of carboxylic acid groups (broad SMARTS) is 1. The summed E-state index contributed by atoms with van der Waals surface area (Å²) in [4.78, 5) is 9.08. The zero-order chi connectivity index (χ0) is 50.6. The lowest BCUT2D eigenvalue weighted by Crippen LogP contribution is -2.01. The van der Waals surface area contributed by atoms with Crippen LogP contribution < -0.4 is 0 Å². The van der Waals surface area contributed by atoms with Gasteiger partial charge in [0.25, 0.3) is 40.5 Å². The van der Waals surface area contributed by atoms with E-state index in [0.717, 1.165) is 42.5 Å². The molecule has 0 atom stereocenters. The molecule has 70 heavy (non-hydrogen) atoms. The fourth-order valence-electron chi connectivity index (χ4n) is 6.23. The van der Waals surface area contributed by atoms with Crippen LogP contribution in [0.1, 0.15) is 21.5 Å². The van der Waals surface area contributed by atoms with Gasteiger partial charge >= 0.3 is 5.97 Å². The molecule has 23 nitrogen and oxygen atoms in total. The number of aromatic hydroxyl groups is 1. The van der Waals surface area contributed by atoms with Crippen molar-refractivity contribution in [2.75, 3.05) is 0 Å². The highest BCUT2D eigenvalue weighted by molar-refractivity contribution is 7.86. The molecule has 0 amide bonds. The van der Waals surface area contributed by atoms with E-state index < -0.39 is 72.6 Å². The number of azo groups is 4. The second-order valence-corrected chi connectivity index (χ2v) is 19.9. The van der Waals surface area contributed by atoms with E-state index in [1.54, 1.807) is 0 Å². The second kappa shape index (κ2) is 19.8. The lowest BCUT2D eigenvalue weighted by molar-refractivity contribution is 0.0697. The molecule has 356 valence electrons. The predicted octanol–water partition coefficient (Wildman–Crippen LogP) is 11.1. The number of nitrogens with zero attached hydrogens (tertiary/aromatic N) is 8. The zero-order valence-electron chi connectivity index (χ0n) is 34.9. The van der Waals surface area contributed by atoms with E-state index in [1.165, 1.54) is 103 Å². The maximum atomic E-state index is 12.5. The molecule has 0 saturated carbocycles. The minimum atomic E-state index is -5.07. The minimum absolute atomic E-state index is 0.00595. The van der Waals surface area contributed by atoms with Crippen LogP contribution in [0.4, 0.5) is 45.5 Å². The summed E-state index contributed by atoms with van der Waals surface area (Å²) in [6, 6.07) is 28.4. The molecule has 6 N–H and O–H groups in total. The van der Waals surface area contributed by atoms with E-state index in [1.807, 2.05) is 0 Å². The highest BCUT2D eigenvalue weighted by atomic mass is 32.2. The first-order valence-electron chi connectivity index (χ1n) is 19.3. The van der Waals surface area contributed by atoms with Crippen LogP contribution in [0, 0.1) is 0 Å². The van der Waals surface area contributed by atoms with Crippen LogP contribution >= 0.6 is 0 Å². The molecule has 7 rings (SSSR count). The van der Waals surface area contributed by atoms with Gasteiger partial charge in [0.15, 0.2) is 5.75 Å². The summed E-state index contributed by atoms with van der Waals surface area (Å²) in [5.41, 5.74) is -0.525. The van der Waals surface area contributed by atoms with E-state index in [0.29, 0.717) is 17.1 Å². The Bertz CT molecular complexity index is 3870. The van der Waals surface area contributed by atoms with Crippen LogP contribution in [0.2, 0.25) is 0 Å². The molecule has 0 aliphatic carbocycles. The van der Waals surface area contributed by atoms with Gasteiger partial charge in [-0.2, -0.15) is 64.4 Å². The highest BCUT2D eigenvalue weighted by Crippen LogP contribution is 2.43. The maximum absolute atomic E-state index is 12.5. The van der Waals surface area contributed by atoms with Gasteiger partial charge in [0.1, 0.15) is 26.1 Å². The monoisotopic (exact) mass is 1030 g/mol. The fourth-order valence-corrected chi connectivity index (χ4v) is 8.77. The smallest absolute Gasteiger partial charge is 0.337 e. The van der Waals surface area contributed by atoms with Crippen molar-refractivity contribution in [2.24, 2.45) is 40.9 Å². The topological polar surface area (TPSA) is 374 Å². The van der Waals surface area contributed by atoms with E-state index in [-0.39, 0.29) is 55.1 Å². The van der Waals surface area contributed by atoms with E-state index >= 15 is 0 Å². The van der Waals surface area contributed by atoms with Crippen LogP contribution in [0.3, 0.4) is 0 Å². The summed E-state index contributed by atoms with van der Waals surface area (Å²) < 4.78 is 136. The Balaban J connectivity index is 1.10. The SMILES string of the molecule is O=C(O)c1ccccc1N=Nc1c(S(=O)(=O)O)cc2cc(N=Nc3ccc(/C=C/c4ccc(N=Nc5ccc(N=Nc6ccc(S(=O)(=O)O)cc6)cc5)cc4S(=O)(=O)O)c(S(=O)(=O)O)c3)ccc2c1O. The third-order valence-electron chi connectivity index (χ3n) is 9.52. The Morgan fingerprint density at radius 2 is 0.843 bits per heavy atom. The Kier molecular flexibility index (Phi) is 14.1. The third-order valence-corrected chi connectivity index (χ3v) is 13.1. The number of benzene rings is 7. The highest BCUT2D eigenvalue weighted by Gasteiger charge is 2.23. The number of rotatable bonds is 15. The molecule has 0 radical (unpaired) electrons. The molecular weight excluding hydrogens is 997 g/mol. The van der Waals surface area contributed by atoms with Gasteiger partial charge in [0.2, 0.25) is 0 Å². The van der Waals surface area contributed by atoms with Crippen molar-refractivity contribution in [3.8, 4) is 5.75 Å². The number of fused-ring (bicyclic) bond motifs is 1. The number of hydrogen-bond acceptors (Lipinski definition) is 18. The molecule has 27 heteroatoms. The average Bonchev–Trinajstić information content (AvgIpc) is 3.30. The first-order valence-corrected chi connectivity index (χ1v) is 25.1. The van der Waals surface area contributed by atoms with E-state index in [2.05, 4.69) is 40.9 Å². The minimum Gasteiger partial charge on any atom is -0.505 e. The van der Waals surface area contributed by atoms with Crippen LogP contribution in [0.25, 0.3) is 22.9 Å². The number of carbonyl (C=O) groups is 1. The van der Waals surface area contributed by atoms with Gasteiger partial charge in [0.05, 0.1) is 44.6 Å². The van der Waals surface area contributed by atoms with Crippen molar-refractivity contribution in [3.05, 3.63) is 150 Å². The van der Waals surface area contributed by atoms with Crippen molar-refractivity contribution < 1.29 is 66.9 Å². The maximum Gasteiger partial charge on any atom is 0.337 e. The van der Waals surface area contributed by atoms with Crippen LogP contribution in [-0.2, 0) is 40.5 Å². The summed E-state index contributed by atoms with van der Waals surface area (Å²) >= 11 is 0. The van der Waals surface area contributed by atoms with Gasteiger partial charge in [-0.1, -0.05) is 36.4 Å². The van der Waals surface area contributed by atoms with Gasteiger partial charge < -0.3 is 10.2 Å². The van der Waals surface area contributed by atoms with Crippen molar-refractivity contribution in [1.82, 2.24) is 0 Å². The van der Waals surface area contributed by atoms with E-state index in [9.17, 15) is 62.3 Å². The first-order chi connectivity index (χ1) is 32.9. The number of hydrogen-bond donors (Lipinski definition) is 6. The Morgan fingerprint density at radius 1 is 0.429 bits per heavy atom. The fraction of sp³-hybridized carbons (Fsp3) is 0. The van der Waals surface area contributed by atoms with Crippen LogP contribution in [0.5, 0.6) is 5.75 Å². The molecule has 0 unspecified atom stereocenters. The molecule has 7 aromatic rings. The molecular formula is C43H30N8O15S4. The van der Waals surface area contributed by atoms with E-state index in [4.69, 9.17) is 4.55 Å². The van der Waals surface area contributed by atoms with Crippen LogP contribution in [0.15, 0.2) is 194 Å². The van der Waals surface area contributed by atoms with Crippen LogP contribution in [-0.4, -0.2) is 68.1 Å². The predicted molar refractivity (Wildman–Crippen MR) is 250 cm³/mol. The van der Waals surface area contributed by atoms with Crippen molar-refractivity contribution in [2.45, 2.75) is 19.6 Å². The molecule has 0 heterocycles. The quantitative estimate of drug-likeness (QED) is 0.0316. The van der Waals surface area contributed by atoms with Gasteiger partial charge in [-0.05, 0) is 126 Å². The standard InChI is InChI=1S/C43H30N8O15S4/c52-42-35-20-17-31(21-27(35)22-40(70(64,65)66)41(42)51-50-37-4-2-1-3-36(37)43(53)54)47-49-33-10-8-26(39(24-33)69(61,62)63)6-5-25-7-9-32(23-38(25)68(58,59)60)48-46-29-13-11-28(12-14-29)44-45-30-15-18-34(19-16-30)67(55,56)57/h1-24,52H,(H,53,54)(H,55,56,57)(H,58,59,60)(H,61,62,63)(H,64,65,66)/b6-5+,45-44?,48-46?,49-47?,51-50?. The molecule has 0 saturated heterocycles. The summed E-state index contributed by atoms with van der Waals surface area (Å²) in [5.74, 6) is -2.10. The third kappa shape index (κ3) is 12.1. The Morgan fingerprint density at radius 3 is 1.30 bits per heavy atom. The first kappa shape index (κ1) is 49.7. The Labute approximate surface area is 396 Å².